The van der Waals surface area contributed by atoms with Gasteiger partial charge in [-0.1, -0.05) is 18.2 Å². The third kappa shape index (κ3) is 4.00. The van der Waals surface area contributed by atoms with Crippen molar-refractivity contribution in [3.63, 3.8) is 0 Å². The van der Waals surface area contributed by atoms with E-state index in [1.165, 1.54) is 29.1 Å². The summed E-state index contributed by atoms with van der Waals surface area (Å²) in [6.45, 7) is 5.37. The second-order valence-electron chi connectivity index (χ2n) is 8.52. The van der Waals surface area contributed by atoms with E-state index in [0.29, 0.717) is 6.04 Å². The Morgan fingerprint density at radius 1 is 1.23 bits per heavy atom. The van der Waals surface area contributed by atoms with Crippen LogP contribution in [0.2, 0.25) is 0 Å². The third-order valence-electron chi connectivity index (χ3n) is 6.52. The molecule has 3 aliphatic rings. The van der Waals surface area contributed by atoms with E-state index in [4.69, 9.17) is 14.7 Å². The van der Waals surface area contributed by atoms with Crippen molar-refractivity contribution < 1.29 is 4.74 Å². The van der Waals surface area contributed by atoms with Gasteiger partial charge in [0.25, 0.3) is 0 Å². The molecule has 6 nitrogen and oxygen atoms in total. The first-order valence-electron chi connectivity index (χ1n) is 11.2. The van der Waals surface area contributed by atoms with Gasteiger partial charge in [-0.2, -0.15) is 0 Å². The molecular formula is C24H31N5O. The highest BCUT2D eigenvalue weighted by Gasteiger charge is 2.27. The Balaban J connectivity index is 1.42. The molecule has 2 aliphatic heterocycles. The van der Waals surface area contributed by atoms with Gasteiger partial charge in [0, 0.05) is 45.0 Å². The van der Waals surface area contributed by atoms with Crippen LogP contribution < -0.4 is 0 Å². The number of rotatable bonds is 5. The molecule has 5 rings (SSSR count). The Kier molecular flexibility index (Phi) is 5.79. The fourth-order valence-electron chi connectivity index (χ4n) is 4.90. The maximum Gasteiger partial charge on any atom is 0.117 e. The Hall–Kier alpha value is -2.28. The first-order chi connectivity index (χ1) is 14.8. The highest BCUT2D eigenvalue weighted by atomic mass is 16.5. The van der Waals surface area contributed by atoms with Gasteiger partial charge in [-0.05, 0) is 44.0 Å². The fraction of sp³-hybridized carbons (Fsp3) is 0.500. The lowest BCUT2D eigenvalue weighted by Gasteiger charge is -2.32. The van der Waals surface area contributed by atoms with Crippen molar-refractivity contribution in [3.05, 3.63) is 65.0 Å². The Morgan fingerprint density at radius 3 is 3.03 bits per heavy atom. The Bertz CT molecular complexity index is 941. The predicted molar refractivity (Wildman–Crippen MR) is 118 cm³/mol. The fourth-order valence-corrected chi connectivity index (χ4v) is 4.90. The van der Waals surface area contributed by atoms with E-state index in [-0.39, 0.29) is 0 Å². The second kappa shape index (κ2) is 8.84. The number of ether oxygens (including phenoxy) is 1. The normalized spacial score (nSPS) is 21.5. The molecule has 1 saturated heterocycles. The van der Waals surface area contributed by atoms with E-state index in [2.05, 4.69) is 58.0 Å². The average Bonchev–Trinajstić information content (AvgIpc) is 2.94. The molecule has 0 unspecified atom stereocenters. The van der Waals surface area contributed by atoms with Crippen molar-refractivity contribution in [2.45, 2.75) is 44.8 Å². The van der Waals surface area contributed by atoms with Crippen molar-refractivity contribution in [1.29, 1.82) is 0 Å². The van der Waals surface area contributed by atoms with E-state index in [1.54, 1.807) is 0 Å². The molecular weight excluding hydrogens is 374 g/mol. The molecule has 30 heavy (non-hydrogen) atoms. The molecule has 2 aromatic rings. The van der Waals surface area contributed by atoms with Crippen LogP contribution in [0.15, 0.2) is 36.6 Å². The highest BCUT2D eigenvalue weighted by molar-refractivity contribution is 5.38. The molecule has 0 amide bonds. The highest BCUT2D eigenvalue weighted by Crippen LogP contribution is 2.33. The number of allylic oxidation sites excluding steroid dienone is 3. The minimum atomic E-state index is 0.364. The standard InChI is InChI=1S/C24H31N5O/c1-27(21-9-5-7-19-8-6-11-25-24(19)21)17-20-22(18-28-13-15-30-16-14-28)29-12-4-2-3-10-23(29)26-20/h2-4,6,8,11-12,21H,5,7,9-10,13-18H2,1H3/t21-/m0/s1. The minimum absolute atomic E-state index is 0.364. The first-order valence-corrected chi connectivity index (χ1v) is 11.2. The van der Waals surface area contributed by atoms with E-state index in [9.17, 15) is 0 Å². The lowest BCUT2D eigenvalue weighted by Crippen LogP contribution is -2.36. The third-order valence-corrected chi connectivity index (χ3v) is 6.52. The number of imidazole rings is 1. The summed E-state index contributed by atoms with van der Waals surface area (Å²) in [6, 6.07) is 4.67. The van der Waals surface area contributed by atoms with Gasteiger partial charge in [0.1, 0.15) is 5.82 Å². The summed E-state index contributed by atoms with van der Waals surface area (Å²) in [6.07, 6.45) is 14.9. The molecule has 6 heteroatoms. The molecule has 0 bridgehead atoms. The van der Waals surface area contributed by atoms with Gasteiger partial charge in [-0.15, -0.1) is 0 Å². The molecule has 0 radical (unpaired) electrons. The van der Waals surface area contributed by atoms with Crippen molar-refractivity contribution in [1.82, 2.24) is 24.3 Å². The van der Waals surface area contributed by atoms with Crippen LogP contribution >= 0.6 is 0 Å². The van der Waals surface area contributed by atoms with Gasteiger partial charge in [-0.25, -0.2) is 4.98 Å². The van der Waals surface area contributed by atoms with Crippen LogP contribution in [0, 0.1) is 0 Å². The lowest BCUT2D eigenvalue weighted by atomic mass is 9.91. The number of pyridine rings is 1. The van der Waals surface area contributed by atoms with Crippen LogP contribution in [0.1, 0.15) is 47.4 Å². The van der Waals surface area contributed by atoms with E-state index >= 15 is 0 Å². The van der Waals surface area contributed by atoms with Crippen molar-refractivity contribution in [3.8, 4) is 0 Å². The van der Waals surface area contributed by atoms with Gasteiger partial charge >= 0.3 is 0 Å². The number of hydrogen-bond donors (Lipinski definition) is 0. The van der Waals surface area contributed by atoms with E-state index in [1.807, 2.05) is 6.20 Å². The summed E-state index contributed by atoms with van der Waals surface area (Å²) in [5.41, 5.74) is 5.17. The summed E-state index contributed by atoms with van der Waals surface area (Å²) in [5, 5.41) is 0. The summed E-state index contributed by atoms with van der Waals surface area (Å²) in [5.74, 6) is 1.13. The monoisotopic (exact) mass is 405 g/mol. The summed E-state index contributed by atoms with van der Waals surface area (Å²) in [7, 11) is 2.23. The van der Waals surface area contributed by atoms with Crippen LogP contribution in [0.25, 0.3) is 6.20 Å². The van der Waals surface area contributed by atoms with Gasteiger partial charge < -0.3 is 9.30 Å². The van der Waals surface area contributed by atoms with Crippen LogP contribution in [-0.4, -0.2) is 57.7 Å². The molecule has 0 saturated carbocycles. The van der Waals surface area contributed by atoms with Crippen LogP contribution in [0.4, 0.5) is 0 Å². The maximum atomic E-state index is 5.56. The quantitative estimate of drug-likeness (QED) is 0.765. The van der Waals surface area contributed by atoms with Crippen LogP contribution in [0.5, 0.6) is 0 Å². The largest absolute Gasteiger partial charge is 0.379 e. The summed E-state index contributed by atoms with van der Waals surface area (Å²) < 4.78 is 7.87. The van der Waals surface area contributed by atoms with Gasteiger partial charge in [-0.3, -0.25) is 14.8 Å². The number of aryl methyl sites for hydroxylation is 1. The Morgan fingerprint density at radius 2 is 2.13 bits per heavy atom. The number of hydrogen-bond acceptors (Lipinski definition) is 5. The molecule has 1 fully saturated rings. The average molecular weight is 406 g/mol. The molecule has 1 aliphatic carbocycles. The number of morpholine rings is 1. The predicted octanol–water partition coefficient (Wildman–Crippen LogP) is 3.20. The molecule has 0 N–H and O–H groups in total. The summed E-state index contributed by atoms with van der Waals surface area (Å²) >= 11 is 0. The van der Waals surface area contributed by atoms with Crippen LogP contribution in [-0.2, 0) is 30.7 Å². The molecule has 4 heterocycles. The lowest BCUT2D eigenvalue weighted by molar-refractivity contribution is 0.0332. The number of nitrogens with zero attached hydrogens (tertiary/aromatic N) is 5. The van der Waals surface area contributed by atoms with Crippen molar-refractivity contribution in [2.24, 2.45) is 0 Å². The first kappa shape index (κ1) is 19.7. The van der Waals surface area contributed by atoms with Gasteiger partial charge in [0.15, 0.2) is 0 Å². The van der Waals surface area contributed by atoms with Crippen LogP contribution in [0.3, 0.4) is 0 Å². The SMILES string of the molecule is CN(Cc1nc2n(c1CN1CCOCC1)C=CC=CC2)[C@H]1CCCc2cccnc21. The zero-order chi connectivity index (χ0) is 20.3. The molecule has 158 valence electrons. The minimum Gasteiger partial charge on any atom is -0.379 e. The van der Waals surface area contributed by atoms with E-state index in [0.717, 1.165) is 64.5 Å². The van der Waals surface area contributed by atoms with Gasteiger partial charge in [0.05, 0.1) is 36.3 Å². The van der Waals surface area contributed by atoms with Crippen molar-refractivity contribution in [2.75, 3.05) is 33.4 Å². The van der Waals surface area contributed by atoms with Crippen molar-refractivity contribution >= 4 is 6.20 Å². The molecule has 0 spiro atoms. The number of aromatic nitrogens is 3. The molecule has 2 aromatic heterocycles. The van der Waals surface area contributed by atoms with Gasteiger partial charge in [0.2, 0.25) is 0 Å². The smallest absolute Gasteiger partial charge is 0.117 e. The number of fused-ring (bicyclic) bond motifs is 2. The Labute approximate surface area is 178 Å². The zero-order valence-electron chi connectivity index (χ0n) is 17.8. The second-order valence-corrected chi connectivity index (χ2v) is 8.52. The molecule has 0 aromatic carbocycles. The molecule has 1 atom stereocenters. The van der Waals surface area contributed by atoms with E-state index < -0.39 is 0 Å². The topological polar surface area (TPSA) is 46.4 Å². The maximum absolute atomic E-state index is 5.56. The zero-order valence-corrected chi connectivity index (χ0v) is 17.8. The summed E-state index contributed by atoms with van der Waals surface area (Å²) in [4.78, 5) is 14.8.